The summed E-state index contributed by atoms with van der Waals surface area (Å²) in [4.78, 5) is 2.55. The number of nitrogens with one attached hydrogen (secondary N) is 1. The maximum absolute atomic E-state index is 3.73. The molecule has 0 radical (unpaired) electrons. The highest BCUT2D eigenvalue weighted by molar-refractivity contribution is 5.10. The molecule has 1 unspecified atom stereocenters. The van der Waals surface area contributed by atoms with Gasteiger partial charge in [-0.1, -0.05) is 6.08 Å². The monoisotopic (exact) mass is 238 g/mol. The molecule has 100 valence electrons. The number of hydrogen-bond donors (Lipinski definition) is 1. The third kappa shape index (κ3) is 4.34. The number of nitrogens with zero attached hydrogens (tertiary/aromatic N) is 1. The molecular formula is C15H30N2. The third-order valence-electron chi connectivity index (χ3n) is 3.28. The molecule has 0 aromatic heterocycles. The zero-order chi connectivity index (χ0) is 13.3. The van der Waals surface area contributed by atoms with Crippen molar-refractivity contribution in [2.45, 2.75) is 78.4 Å². The second-order valence-electron chi connectivity index (χ2n) is 7.19. The lowest BCUT2D eigenvalue weighted by atomic mass is 9.93. The van der Waals surface area contributed by atoms with E-state index in [1.54, 1.807) is 0 Å². The van der Waals surface area contributed by atoms with Crippen LogP contribution in [0.15, 0.2) is 11.8 Å². The topological polar surface area (TPSA) is 15.3 Å². The molecule has 0 bridgehead atoms. The first kappa shape index (κ1) is 14.6. The molecule has 2 nitrogen and oxygen atoms in total. The molecule has 1 rings (SSSR count). The summed E-state index contributed by atoms with van der Waals surface area (Å²) >= 11 is 0. The molecule has 0 saturated carbocycles. The maximum atomic E-state index is 3.73. The van der Waals surface area contributed by atoms with Gasteiger partial charge in [-0.05, 0) is 54.9 Å². The normalized spacial score (nSPS) is 25.5. The number of likely N-dealkylation sites (tertiary alicyclic amines) is 1. The lowest BCUT2D eigenvalue weighted by Crippen LogP contribution is -2.52. The molecule has 1 saturated heterocycles. The Kier molecular flexibility index (Phi) is 4.29. The first-order chi connectivity index (χ1) is 7.63. The molecule has 0 spiro atoms. The zero-order valence-electron chi connectivity index (χ0n) is 12.7. The van der Waals surface area contributed by atoms with Crippen LogP contribution in [0.2, 0.25) is 0 Å². The van der Waals surface area contributed by atoms with E-state index in [0.29, 0.717) is 6.04 Å². The Balaban J connectivity index is 2.69. The van der Waals surface area contributed by atoms with Gasteiger partial charge in [0.05, 0.1) is 0 Å². The molecule has 0 aromatic rings. The van der Waals surface area contributed by atoms with Crippen LogP contribution >= 0.6 is 0 Å². The minimum absolute atomic E-state index is 0.216. The van der Waals surface area contributed by atoms with Gasteiger partial charge in [-0.25, -0.2) is 0 Å². The number of piperidine rings is 1. The Morgan fingerprint density at radius 1 is 1.18 bits per heavy atom. The molecule has 1 heterocycles. The molecule has 1 aliphatic rings. The van der Waals surface area contributed by atoms with Gasteiger partial charge in [-0.15, -0.1) is 0 Å². The molecule has 2 heteroatoms. The van der Waals surface area contributed by atoms with Gasteiger partial charge in [0, 0.05) is 35.8 Å². The van der Waals surface area contributed by atoms with E-state index in [4.69, 9.17) is 0 Å². The number of allylic oxidation sites excluding steroid dienone is 1. The molecule has 1 N–H and O–H groups in total. The predicted octanol–water partition coefficient (Wildman–Crippen LogP) is 3.54. The standard InChI is InChI=1S/C15H30N2/c1-8-13-11-12(16-14(2,3)4)9-10-17(13)15(5,6)7/h8,12,16H,9-11H2,1-7H3/b13-8-. The van der Waals surface area contributed by atoms with E-state index in [-0.39, 0.29) is 11.1 Å². The first-order valence-corrected chi connectivity index (χ1v) is 6.84. The van der Waals surface area contributed by atoms with E-state index in [9.17, 15) is 0 Å². The Morgan fingerprint density at radius 2 is 1.76 bits per heavy atom. The number of hydrogen-bond acceptors (Lipinski definition) is 2. The summed E-state index contributed by atoms with van der Waals surface area (Å²) in [5.41, 5.74) is 1.95. The van der Waals surface area contributed by atoms with E-state index in [2.05, 4.69) is 64.8 Å². The van der Waals surface area contributed by atoms with Gasteiger partial charge in [0.15, 0.2) is 0 Å². The summed E-state index contributed by atoms with van der Waals surface area (Å²) in [6.45, 7) is 17.0. The van der Waals surface area contributed by atoms with Gasteiger partial charge in [0.2, 0.25) is 0 Å². The van der Waals surface area contributed by atoms with Crippen LogP contribution in [0.1, 0.15) is 61.3 Å². The summed E-state index contributed by atoms with van der Waals surface area (Å²) < 4.78 is 0. The summed E-state index contributed by atoms with van der Waals surface area (Å²) in [5.74, 6) is 0. The maximum Gasteiger partial charge on any atom is 0.0314 e. The smallest absolute Gasteiger partial charge is 0.0314 e. The van der Waals surface area contributed by atoms with Crippen molar-refractivity contribution in [1.82, 2.24) is 10.2 Å². The van der Waals surface area contributed by atoms with Crippen molar-refractivity contribution in [3.63, 3.8) is 0 Å². The van der Waals surface area contributed by atoms with Crippen LogP contribution in [-0.2, 0) is 0 Å². The molecule has 0 amide bonds. The van der Waals surface area contributed by atoms with E-state index >= 15 is 0 Å². The average molecular weight is 238 g/mol. The van der Waals surface area contributed by atoms with Crippen molar-refractivity contribution >= 4 is 0 Å². The van der Waals surface area contributed by atoms with Crippen molar-refractivity contribution < 1.29 is 0 Å². The minimum atomic E-state index is 0.216. The molecule has 17 heavy (non-hydrogen) atoms. The lowest BCUT2D eigenvalue weighted by Gasteiger charge is -2.46. The first-order valence-electron chi connectivity index (χ1n) is 6.84. The van der Waals surface area contributed by atoms with E-state index in [1.165, 1.54) is 12.1 Å². The fourth-order valence-corrected chi connectivity index (χ4v) is 2.67. The SMILES string of the molecule is C/C=C1/CC(NC(C)(C)C)CCN1C(C)(C)C. The fraction of sp³-hybridized carbons (Fsp3) is 0.867. The average Bonchev–Trinajstić information content (AvgIpc) is 2.13. The molecular weight excluding hydrogens is 208 g/mol. The summed E-state index contributed by atoms with van der Waals surface area (Å²) in [6, 6.07) is 0.625. The van der Waals surface area contributed by atoms with E-state index in [1.807, 2.05) is 0 Å². The highest BCUT2D eigenvalue weighted by Gasteiger charge is 2.30. The van der Waals surface area contributed by atoms with Gasteiger partial charge in [-0.3, -0.25) is 0 Å². The van der Waals surface area contributed by atoms with Gasteiger partial charge in [-0.2, -0.15) is 0 Å². The molecule has 1 fully saturated rings. The molecule has 0 aliphatic carbocycles. The lowest BCUT2D eigenvalue weighted by molar-refractivity contribution is 0.135. The highest BCUT2D eigenvalue weighted by Crippen LogP contribution is 2.29. The van der Waals surface area contributed by atoms with Crippen LogP contribution in [0.4, 0.5) is 0 Å². The van der Waals surface area contributed by atoms with Crippen LogP contribution in [0.5, 0.6) is 0 Å². The summed E-state index contributed by atoms with van der Waals surface area (Å²) in [7, 11) is 0. The van der Waals surface area contributed by atoms with Crippen molar-refractivity contribution in [3.8, 4) is 0 Å². The molecule has 0 aromatic carbocycles. The second kappa shape index (κ2) is 5.01. The highest BCUT2D eigenvalue weighted by atomic mass is 15.2. The predicted molar refractivity (Wildman–Crippen MR) is 76.1 cm³/mol. The zero-order valence-corrected chi connectivity index (χ0v) is 12.7. The Morgan fingerprint density at radius 3 is 2.18 bits per heavy atom. The van der Waals surface area contributed by atoms with Crippen LogP contribution in [0.3, 0.4) is 0 Å². The van der Waals surface area contributed by atoms with Crippen LogP contribution in [-0.4, -0.2) is 28.6 Å². The third-order valence-corrected chi connectivity index (χ3v) is 3.28. The van der Waals surface area contributed by atoms with Gasteiger partial charge in [0.1, 0.15) is 0 Å². The Bertz CT molecular complexity index is 278. The molecule has 1 atom stereocenters. The van der Waals surface area contributed by atoms with Crippen molar-refractivity contribution in [1.29, 1.82) is 0 Å². The van der Waals surface area contributed by atoms with E-state index in [0.717, 1.165) is 13.0 Å². The number of rotatable bonds is 1. The Labute approximate surface area is 107 Å². The largest absolute Gasteiger partial charge is 0.370 e. The quantitative estimate of drug-likeness (QED) is 0.751. The Hall–Kier alpha value is -0.500. The van der Waals surface area contributed by atoms with Crippen LogP contribution in [0.25, 0.3) is 0 Å². The summed E-state index contributed by atoms with van der Waals surface area (Å²) in [6.07, 6.45) is 4.68. The summed E-state index contributed by atoms with van der Waals surface area (Å²) in [5, 5.41) is 3.73. The van der Waals surface area contributed by atoms with E-state index < -0.39 is 0 Å². The van der Waals surface area contributed by atoms with Gasteiger partial charge < -0.3 is 10.2 Å². The van der Waals surface area contributed by atoms with Crippen molar-refractivity contribution in [3.05, 3.63) is 11.8 Å². The van der Waals surface area contributed by atoms with Crippen LogP contribution in [0, 0.1) is 0 Å². The van der Waals surface area contributed by atoms with Crippen molar-refractivity contribution in [2.75, 3.05) is 6.54 Å². The van der Waals surface area contributed by atoms with Crippen LogP contribution < -0.4 is 5.32 Å². The van der Waals surface area contributed by atoms with Gasteiger partial charge in [0.25, 0.3) is 0 Å². The fourth-order valence-electron chi connectivity index (χ4n) is 2.67. The van der Waals surface area contributed by atoms with Crippen molar-refractivity contribution in [2.24, 2.45) is 0 Å². The molecule has 1 aliphatic heterocycles. The minimum Gasteiger partial charge on any atom is -0.370 e. The second-order valence-corrected chi connectivity index (χ2v) is 7.19. The van der Waals surface area contributed by atoms with Gasteiger partial charge >= 0.3 is 0 Å².